The van der Waals surface area contributed by atoms with Gasteiger partial charge in [0, 0.05) is 18.0 Å². The molecule has 4 heteroatoms. The summed E-state index contributed by atoms with van der Waals surface area (Å²) in [6.07, 6.45) is -0.258. The lowest BCUT2D eigenvalue weighted by molar-refractivity contribution is -0.123. The Kier molecular flexibility index (Phi) is 5.17. The summed E-state index contributed by atoms with van der Waals surface area (Å²) in [7, 11) is 0. The normalized spacial score (nSPS) is 13.2. The van der Waals surface area contributed by atoms with E-state index in [2.05, 4.69) is 5.32 Å². The van der Waals surface area contributed by atoms with E-state index in [-0.39, 0.29) is 17.9 Å². The number of aliphatic hydroxyl groups is 1. The van der Waals surface area contributed by atoms with Crippen molar-refractivity contribution >= 4 is 17.5 Å². The number of benzene rings is 1. The molecule has 3 nitrogen and oxygen atoms in total. The highest BCUT2D eigenvalue weighted by Crippen LogP contribution is 2.19. The molecule has 0 fully saturated rings. The molecular weight excluding hydrogens is 250 g/mol. The first-order valence-corrected chi connectivity index (χ1v) is 6.36. The van der Waals surface area contributed by atoms with Crippen LogP contribution in [-0.4, -0.2) is 17.6 Å². The highest BCUT2D eigenvalue weighted by atomic mass is 35.5. The van der Waals surface area contributed by atoms with E-state index in [1.807, 2.05) is 20.8 Å². The minimum absolute atomic E-state index is 0.0458. The van der Waals surface area contributed by atoms with Crippen LogP contribution in [0, 0.1) is 5.41 Å². The fourth-order valence-corrected chi connectivity index (χ4v) is 1.68. The van der Waals surface area contributed by atoms with Gasteiger partial charge in [0.2, 0.25) is 5.91 Å². The molecule has 2 N–H and O–H groups in total. The van der Waals surface area contributed by atoms with Gasteiger partial charge in [-0.25, -0.2) is 0 Å². The fourth-order valence-electron chi connectivity index (χ4n) is 1.56. The van der Waals surface area contributed by atoms with Gasteiger partial charge in [-0.15, -0.1) is 0 Å². The molecule has 1 aromatic rings. The number of aliphatic hydroxyl groups excluding tert-OH is 1. The second-order valence-corrected chi connectivity index (χ2v) is 6.05. The predicted octanol–water partition coefficient (Wildman–Crippen LogP) is 2.93. The Balaban J connectivity index is 2.44. The Morgan fingerprint density at radius 2 is 1.89 bits per heavy atom. The molecule has 0 aliphatic heterocycles. The van der Waals surface area contributed by atoms with E-state index in [0.29, 0.717) is 11.4 Å². The maximum atomic E-state index is 11.6. The molecule has 0 aromatic heterocycles. The maximum absolute atomic E-state index is 11.6. The lowest BCUT2D eigenvalue weighted by Gasteiger charge is -2.18. The number of rotatable bonds is 4. The Bertz CT molecular complexity index is 395. The van der Waals surface area contributed by atoms with Gasteiger partial charge in [0.25, 0.3) is 0 Å². The van der Waals surface area contributed by atoms with Crippen LogP contribution in [0.3, 0.4) is 0 Å². The maximum Gasteiger partial charge on any atom is 0.220 e. The summed E-state index contributed by atoms with van der Waals surface area (Å²) >= 11 is 5.77. The molecule has 0 aliphatic carbocycles. The number of carbonyl (C=O) groups is 1. The summed E-state index contributed by atoms with van der Waals surface area (Å²) in [5.41, 5.74) is 0.699. The first-order valence-electron chi connectivity index (χ1n) is 5.98. The summed E-state index contributed by atoms with van der Waals surface area (Å²) < 4.78 is 0. The van der Waals surface area contributed by atoms with E-state index in [9.17, 15) is 9.90 Å². The second-order valence-electron chi connectivity index (χ2n) is 5.61. The molecule has 0 heterocycles. The van der Waals surface area contributed by atoms with Crippen molar-refractivity contribution in [1.29, 1.82) is 0 Å². The van der Waals surface area contributed by atoms with Gasteiger partial charge in [-0.05, 0) is 23.1 Å². The molecule has 0 aliphatic rings. The Morgan fingerprint density at radius 3 is 2.39 bits per heavy atom. The first kappa shape index (κ1) is 15.0. The number of hydrogen-bond acceptors (Lipinski definition) is 2. The van der Waals surface area contributed by atoms with Crippen LogP contribution in [-0.2, 0) is 4.79 Å². The van der Waals surface area contributed by atoms with Gasteiger partial charge in [-0.2, -0.15) is 0 Å². The molecule has 0 saturated heterocycles. The number of amides is 1. The standard InChI is InChI=1S/C14H20ClNO2/c1-14(2,3)8-13(18)16-9-12(17)10-4-6-11(15)7-5-10/h4-7,12,17H,8-9H2,1-3H3,(H,16,18)/t12-/m1/s1. The van der Waals surface area contributed by atoms with Crippen LogP contribution in [0.5, 0.6) is 0 Å². The topological polar surface area (TPSA) is 49.3 Å². The van der Waals surface area contributed by atoms with Crippen LogP contribution in [0.15, 0.2) is 24.3 Å². The van der Waals surface area contributed by atoms with E-state index in [1.54, 1.807) is 24.3 Å². The SMILES string of the molecule is CC(C)(C)CC(=O)NC[C@@H](O)c1ccc(Cl)cc1. The molecule has 0 saturated carbocycles. The van der Waals surface area contributed by atoms with Crippen LogP contribution < -0.4 is 5.32 Å². The second kappa shape index (κ2) is 6.21. The molecule has 0 radical (unpaired) electrons. The van der Waals surface area contributed by atoms with Crippen molar-refractivity contribution in [1.82, 2.24) is 5.32 Å². The van der Waals surface area contributed by atoms with Crippen molar-refractivity contribution in [3.8, 4) is 0 Å². The summed E-state index contributed by atoms with van der Waals surface area (Å²) in [4.78, 5) is 11.6. The first-order chi connectivity index (χ1) is 8.28. The predicted molar refractivity (Wildman–Crippen MR) is 73.5 cm³/mol. The number of carbonyl (C=O) groups excluding carboxylic acids is 1. The number of hydrogen-bond donors (Lipinski definition) is 2. The van der Waals surface area contributed by atoms with Crippen LogP contribution in [0.1, 0.15) is 38.9 Å². The average Bonchev–Trinajstić information content (AvgIpc) is 2.24. The van der Waals surface area contributed by atoms with E-state index in [0.717, 1.165) is 5.56 Å². The molecule has 0 unspecified atom stereocenters. The van der Waals surface area contributed by atoms with Gasteiger partial charge in [-0.3, -0.25) is 4.79 Å². The number of halogens is 1. The summed E-state index contributed by atoms with van der Waals surface area (Å²) in [5.74, 6) is -0.0458. The van der Waals surface area contributed by atoms with Gasteiger partial charge in [-0.1, -0.05) is 44.5 Å². The Hall–Kier alpha value is -1.06. The summed E-state index contributed by atoms with van der Waals surface area (Å²) in [6.45, 7) is 6.23. The highest BCUT2D eigenvalue weighted by molar-refractivity contribution is 6.30. The zero-order chi connectivity index (χ0) is 13.8. The molecule has 1 amide bonds. The van der Waals surface area contributed by atoms with Gasteiger partial charge in [0.15, 0.2) is 0 Å². The highest BCUT2D eigenvalue weighted by Gasteiger charge is 2.16. The lowest BCUT2D eigenvalue weighted by atomic mass is 9.92. The van der Waals surface area contributed by atoms with Gasteiger partial charge in [0.05, 0.1) is 6.10 Å². The molecule has 0 spiro atoms. The third-order valence-corrected chi connectivity index (χ3v) is 2.69. The smallest absolute Gasteiger partial charge is 0.220 e. The molecule has 18 heavy (non-hydrogen) atoms. The van der Waals surface area contributed by atoms with Crippen molar-refractivity contribution < 1.29 is 9.90 Å². The van der Waals surface area contributed by atoms with Crippen molar-refractivity contribution in [3.05, 3.63) is 34.9 Å². The van der Waals surface area contributed by atoms with Crippen molar-refractivity contribution in [3.63, 3.8) is 0 Å². The molecule has 0 bridgehead atoms. The van der Waals surface area contributed by atoms with E-state index in [4.69, 9.17) is 11.6 Å². The minimum atomic E-state index is -0.703. The van der Waals surface area contributed by atoms with Crippen LogP contribution >= 0.6 is 11.6 Å². The molecular formula is C14H20ClNO2. The van der Waals surface area contributed by atoms with Crippen LogP contribution in [0.4, 0.5) is 0 Å². The Labute approximate surface area is 113 Å². The summed E-state index contributed by atoms with van der Waals surface area (Å²) in [5, 5.41) is 13.3. The average molecular weight is 270 g/mol. The zero-order valence-electron chi connectivity index (χ0n) is 11.0. The molecule has 100 valence electrons. The largest absolute Gasteiger partial charge is 0.387 e. The third kappa shape index (κ3) is 5.52. The van der Waals surface area contributed by atoms with E-state index in [1.165, 1.54) is 0 Å². The quantitative estimate of drug-likeness (QED) is 0.883. The van der Waals surface area contributed by atoms with Gasteiger partial charge < -0.3 is 10.4 Å². The van der Waals surface area contributed by atoms with Gasteiger partial charge >= 0.3 is 0 Å². The summed E-state index contributed by atoms with van der Waals surface area (Å²) in [6, 6.07) is 6.94. The lowest BCUT2D eigenvalue weighted by Crippen LogP contribution is -2.31. The number of nitrogens with one attached hydrogen (secondary N) is 1. The molecule has 1 rings (SSSR count). The molecule has 1 aromatic carbocycles. The van der Waals surface area contributed by atoms with E-state index >= 15 is 0 Å². The van der Waals surface area contributed by atoms with E-state index < -0.39 is 6.10 Å². The Morgan fingerprint density at radius 1 is 1.33 bits per heavy atom. The van der Waals surface area contributed by atoms with Crippen LogP contribution in [0.2, 0.25) is 5.02 Å². The monoisotopic (exact) mass is 269 g/mol. The van der Waals surface area contributed by atoms with Crippen LogP contribution in [0.25, 0.3) is 0 Å². The zero-order valence-corrected chi connectivity index (χ0v) is 11.8. The molecule has 1 atom stereocenters. The minimum Gasteiger partial charge on any atom is -0.387 e. The van der Waals surface area contributed by atoms with Crippen molar-refractivity contribution in [2.24, 2.45) is 5.41 Å². The van der Waals surface area contributed by atoms with Crippen molar-refractivity contribution in [2.45, 2.75) is 33.3 Å². The third-order valence-electron chi connectivity index (χ3n) is 2.44. The van der Waals surface area contributed by atoms with Crippen molar-refractivity contribution in [2.75, 3.05) is 6.54 Å². The fraction of sp³-hybridized carbons (Fsp3) is 0.500. The van der Waals surface area contributed by atoms with Gasteiger partial charge in [0.1, 0.15) is 0 Å².